The van der Waals surface area contributed by atoms with Crippen molar-refractivity contribution in [1.29, 1.82) is 0 Å². The van der Waals surface area contributed by atoms with Gasteiger partial charge in [0.25, 0.3) is 0 Å². The third-order valence-corrected chi connectivity index (χ3v) is 2.49. The van der Waals surface area contributed by atoms with E-state index in [1.165, 1.54) is 0 Å². The van der Waals surface area contributed by atoms with Gasteiger partial charge in [-0.1, -0.05) is 0 Å². The molecule has 0 bridgehead atoms. The van der Waals surface area contributed by atoms with Gasteiger partial charge >= 0.3 is 12.4 Å². The maximum absolute atomic E-state index is 12.3. The Morgan fingerprint density at radius 3 is 1.94 bits per heavy atom. The molecule has 90 valence electrons. The molecule has 1 heterocycles. The molecule has 0 aliphatic heterocycles. The van der Waals surface area contributed by atoms with Crippen molar-refractivity contribution in [1.82, 2.24) is 4.98 Å². The van der Waals surface area contributed by atoms with E-state index < -0.39 is 28.6 Å². The molecule has 1 aromatic heterocycles. The number of nitrogens with zero attached hydrogens (tertiary/aromatic N) is 1. The van der Waals surface area contributed by atoms with Crippen molar-refractivity contribution in [2.24, 2.45) is 0 Å². The standard InChI is InChI=1S/C7H2ClF6NS/c8-16-3-1-2-4(6(9,10)11)15-5(3)7(12,13)14/h1-2H. The van der Waals surface area contributed by atoms with Crippen LogP contribution in [0.3, 0.4) is 0 Å². The van der Waals surface area contributed by atoms with Crippen molar-refractivity contribution in [2.75, 3.05) is 0 Å². The van der Waals surface area contributed by atoms with Gasteiger partial charge in [-0.3, -0.25) is 0 Å². The van der Waals surface area contributed by atoms with Crippen LogP contribution in [-0.2, 0) is 12.4 Å². The van der Waals surface area contributed by atoms with Gasteiger partial charge in [-0.05, 0) is 33.8 Å². The van der Waals surface area contributed by atoms with Crippen LogP contribution in [0.1, 0.15) is 11.4 Å². The fourth-order valence-electron chi connectivity index (χ4n) is 0.870. The van der Waals surface area contributed by atoms with Gasteiger partial charge in [0.15, 0.2) is 5.69 Å². The van der Waals surface area contributed by atoms with Gasteiger partial charge in [0, 0.05) is 0 Å². The summed E-state index contributed by atoms with van der Waals surface area (Å²) in [7, 11) is 5.26. The second-order valence-corrected chi connectivity index (χ2v) is 3.67. The SMILES string of the molecule is FC(F)(F)c1ccc(SCl)c(C(F)(F)F)n1. The topological polar surface area (TPSA) is 12.9 Å². The van der Waals surface area contributed by atoms with E-state index in [0.29, 0.717) is 12.1 Å². The van der Waals surface area contributed by atoms with Crippen LogP contribution < -0.4 is 0 Å². The molecule has 9 heteroatoms. The Balaban J connectivity index is 3.34. The highest BCUT2D eigenvalue weighted by Crippen LogP contribution is 2.39. The number of aromatic nitrogens is 1. The summed E-state index contributed by atoms with van der Waals surface area (Å²) in [4.78, 5) is 1.96. The summed E-state index contributed by atoms with van der Waals surface area (Å²) in [5.41, 5.74) is -3.24. The van der Waals surface area contributed by atoms with Gasteiger partial charge in [0.05, 0.1) is 4.90 Å². The van der Waals surface area contributed by atoms with E-state index in [9.17, 15) is 26.3 Å². The molecule has 0 radical (unpaired) electrons. The summed E-state index contributed by atoms with van der Waals surface area (Å²) >= 11 is 0. The molecule has 0 atom stereocenters. The molecule has 0 unspecified atom stereocenters. The maximum Gasteiger partial charge on any atom is 0.434 e. The lowest BCUT2D eigenvalue weighted by Gasteiger charge is -2.12. The summed E-state index contributed by atoms with van der Waals surface area (Å²) in [6.07, 6.45) is -9.89. The minimum Gasteiger partial charge on any atom is -0.238 e. The molecular weight excluding hydrogens is 280 g/mol. The number of hydrogen-bond acceptors (Lipinski definition) is 2. The van der Waals surface area contributed by atoms with Gasteiger partial charge in [-0.15, -0.1) is 0 Å². The van der Waals surface area contributed by atoms with Crippen LogP contribution in [0.25, 0.3) is 0 Å². The fourth-order valence-corrected chi connectivity index (χ4v) is 1.60. The quantitative estimate of drug-likeness (QED) is 0.709. The van der Waals surface area contributed by atoms with Crippen molar-refractivity contribution >= 4 is 21.7 Å². The zero-order chi connectivity index (χ0) is 12.6. The molecule has 0 saturated heterocycles. The van der Waals surface area contributed by atoms with Crippen LogP contribution in [0.2, 0.25) is 0 Å². The number of pyridine rings is 1. The summed E-state index contributed by atoms with van der Waals surface area (Å²) in [5.74, 6) is 0. The van der Waals surface area contributed by atoms with Crippen LogP contribution in [0.4, 0.5) is 26.3 Å². The average Bonchev–Trinajstić information content (AvgIpc) is 2.14. The van der Waals surface area contributed by atoms with E-state index in [0.717, 1.165) is 0 Å². The molecule has 0 fully saturated rings. The van der Waals surface area contributed by atoms with Crippen LogP contribution in [0, 0.1) is 0 Å². The Hall–Kier alpha value is -0.630. The number of rotatable bonds is 1. The molecule has 0 spiro atoms. The van der Waals surface area contributed by atoms with Crippen molar-refractivity contribution in [3.05, 3.63) is 23.5 Å². The van der Waals surface area contributed by atoms with E-state index in [2.05, 4.69) is 4.98 Å². The first kappa shape index (κ1) is 13.4. The largest absolute Gasteiger partial charge is 0.434 e. The van der Waals surface area contributed by atoms with E-state index >= 15 is 0 Å². The molecule has 1 rings (SSSR count). The van der Waals surface area contributed by atoms with Gasteiger partial charge in [-0.2, -0.15) is 26.3 Å². The maximum atomic E-state index is 12.3. The minimum absolute atomic E-state index is 0.164. The van der Waals surface area contributed by atoms with Crippen LogP contribution in [0.15, 0.2) is 17.0 Å². The van der Waals surface area contributed by atoms with E-state index in [1.807, 2.05) is 0 Å². The first-order valence-corrected chi connectivity index (χ1v) is 5.24. The molecule has 0 aliphatic carbocycles. The summed E-state index contributed by atoms with van der Waals surface area (Å²) in [6, 6.07) is 1.08. The molecular formula is C7H2ClF6NS. The highest BCUT2D eigenvalue weighted by molar-refractivity contribution is 8.21. The third kappa shape index (κ3) is 2.94. The molecule has 16 heavy (non-hydrogen) atoms. The monoisotopic (exact) mass is 281 g/mol. The van der Waals surface area contributed by atoms with Crippen molar-refractivity contribution in [2.45, 2.75) is 17.2 Å². The van der Waals surface area contributed by atoms with Crippen LogP contribution in [0.5, 0.6) is 0 Å². The molecule has 0 N–H and O–H groups in total. The number of alkyl halides is 6. The van der Waals surface area contributed by atoms with Crippen LogP contribution in [-0.4, -0.2) is 4.98 Å². The number of halogens is 7. The third-order valence-electron chi connectivity index (χ3n) is 1.50. The van der Waals surface area contributed by atoms with Gasteiger partial charge < -0.3 is 0 Å². The lowest BCUT2D eigenvalue weighted by Crippen LogP contribution is -2.15. The molecule has 0 aromatic carbocycles. The predicted molar refractivity (Wildman–Crippen MR) is 46.0 cm³/mol. The minimum atomic E-state index is -4.97. The van der Waals surface area contributed by atoms with Crippen molar-refractivity contribution < 1.29 is 26.3 Å². The highest BCUT2D eigenvalue weighted by atomic mass is 35.7. The molecule has 1 nitrogen and oxygen atoms in total. The van der Waals surface area contributed by atoms with Gasteiger partial charge in [0.1, 0.15) is 5.69 Å². The summed E-state index contributed by atoms with van der Waals surface area (Å²) < 4.78 is 73.3. The van der Waals surface area contributed by atoms with E-state index in [1.54, 1.807) is 0 Å². The zero-order valence-corrected chi connectivity index (χ0v) is 8.73. The Morgan fingerprint density at radius 2 is 1.56 bits per heavy atom. The second-order valence-electron chi connectivity index (χ2n) is 2.62. The Morgan fingerprint density at radius 1 is 1.00 bits per heavy atom. The number of hydrogen-bond donors (Lipinski definition) is 0. The molecule has 0 aliphatic rings. The van der Waals surface area contributed by atoms with Gasteiger partial charge in [0.2, 0.25) is 0 Å². The second kappa shape index (κ2) is 4.33. The van der Waals surface area contributed by atoms with Crippen LogP contribution >= 0.6 is 21.7 Å². The smallest absolute Gasteiger partial charge is 0.238 e. The lowest BCUT2D eigenvalue weighted by atomic mass is 10.3. The predicted octanol–water partition coefficient (Wildman–Crippen LogP) is 4.37. The van der Waals surface area contributed by atoms with E-state index in [-0.39, 0.29) is 11.0 Å². The Bertz CT molecular complexity index is 387. The lowest BCUT2D eigenvalue weighted by molar-refractivity contribution is -0.151. The van der Waals surface area contributed by atoms with E-state index in [4.69, 9.17) is 10.7 Å². The van der Waals surface area contributed by atoms with Gasteiger partial charge in [-0.25, -0.2) is 4.98 Å². The van der Waals surface area contributed by atoms with Crippen molar-refractivity contribution in [3.63, 3.8) is 0 Å². The first-order chi connectivity index (χ1) is 7.16. The molecule has 0 amide bonds. The highest BCUT2D eigenvalue weighted by Gasteiger charge is 2.40. The fraction of sp³-hybridized carbons (Fsp3) is 0.286. The molecule has 0 saturated carbocycles. The van der Waals surface area contributed by atoms with Crippen molar-refractivity contribution in [3.8, 4) is 0 Å². The summed E-state index contributed by atoms with van der Waals surface area (Å²) in [5, 5.41) is 0. The average molecular weight is 282 g/mol. The first-order valence-electron chi connectivity index (χ1n) is 3.60. The Labute approximate surface area is 94.3 Å². The molecule has 1 aromatic rings. The Kier molecular flexibility index (Phi) is 3.63. The zero-order valence-electron chi connectivity index (χ0n) is 7.16. The normalized spacial score (nSPS) is 12.9. The summed E-state index contributed by atoms with van der Waals surface area (Å²) in [6.45, 7) is 0.